The molecule has 1 unspecified atom stereocenters. The molecule has 7 nitrogen and oxygen atoms in total. The molecule has 0 aliphatic carbocycles. The van der Waals surface area contributed by atoms with Gasteiger partial charge in [0, 0.05) is 12.1 Å². The smallest absolute Gasteiger partial charge is 0.269 e. The number of non-ortho nitro benzene ring substituents is 1. The molecule has 26 heavy (non-hydrogen) atoms. The third-order valence-corrected chi connectivity index (χ3v) is 4.22. The highest BCUT2D eigenvalue weighted by Gasteiger charge is 2.18. The van der Waals surface area contributed by atoms with Gasteiger partial charge in [0.2, 0.25) is 5.91 Å². The Morgan fingerprint density at radius 2 is 1.85 bits per heavy atom. The number of hydrogen-bond donors (Lipinski definition) is 1. The molecule has 1 amide bonds. The maximum absolute atomic E-state index is 12.4. The van der Waals surface area contributed by atoms with Crippen molar-refractivity contribution in [1.29, 1.82) is 0 Å². The van der Waals surface area contributed by atoms with Crippen LogP contribution in [-0.2, 0) is 11.2 Å². The van der Waals surface area contributed by atoms with Crippen LogP contribution in [0.1, 0.15) is 30.5 Å². The first-order valence-electron chi connectivity index (χ1n) is 8.49. The van der Waals surface area contributed by atoms with Crippen molar-refractivity contribution in [2.75, 3.05) is 13.2 Å². The number of carbonyl (C=O) groups is 1. The molecule has 0 spiro atoms. The van der Waals surface area contributed by atoms with Gasteiger partial charge < -0.3 is 14.8 Å². The van der Waals surface area contributed by atoms with E-state index in [1.807, 2.05) is 25.1 Å². The van der Waals surface area contributed by atoms with Gasteiger partial charge in [-0.15, -0.1) is 0 Å². The van der Waals surface area contributed by atoms with Gasteiger partial charge in [-0.1, -0.05) is 25.1 Å². The molecular formula is C19H20N2O5. The zero-order valence-electron chi connectivity index (χ0n) is 14.4. The molecule has 2 aromatic rings. The number of fused-ring (bicyclic) bond motifs is 1. The van der Waals surface area contributed by atoms with E-state index >= 15 is 0 Å². The van der Waals surface area contributed by atoms with E-state index in [1.54, 1.807) is 12.1 Å². The molecule has 1 heterocycles. The van der Waals surface area contributed by atoms with Crippen LogP contribution >= 0.6 is 0 Å². The van der Waals surface area contributed by atoms with E-state index in [4.69, 9.17) is 9.47 Å². The number of amides is 1. The molecule has 0 bridgehead atoms. The van der Waals surface area contributed by atoms with Crippen molar-refractivity contribution < 1.29 is 19.2 Å². The second kappa shape index (κ2) is 7.86. The van der Waals surface area contributed by atoms with Crippen LogP contribution in [-0.4, -0.2) is 24.0 Å². The van der Waals surface area contributed by atoms with Crippen LogP contribution in [0.15, 0.2) is 42.5 Å². The van der Waals surface area contributed by atoms with E-state index < -0.39 is 4.92 Å². The highest BCUT2D eigenvalue weighted by atomic mass is 16.6. The van der Waals surface area contributed by atoms with Crippen molar-refractivity contribution in [2.45, 2.75) is 25.8 Å². The summed E-state index contributed by atoms with van der Waals surface area (Å²) >= 11 is 0. The minimum Gasteiger partial charge on any atom is -0.486 e. The van der Waals surface area contributed by atoms with Gasteiger partial charge >= 0.3 is 0 Å². The Hall–Kier alpha value is -3.09. The summed E-state index contributed by atoms with van der Waals surface area (Å²) in [4.78, 5) is 22.6. The van der Waals surface area contributed by atoms with Gasteiger partial charge in [0.15, 0.2) is 11.5 Å². The lowest BCUT2D eigenvalue weighted by atomic mass is 10.0. The van der Waals surface area contributed by atoms with E-state index in [9.17, 15) is 14.9 Å². The third-order valence-electron chi connectivity index (χ3n) is 4.22. The molecule has 1 aliphatic heterocycles. The molecule has 1 aliphatic rings. The molecule has 2 aromatic carbocycles. The summed E-state index contributed by atoms with van der Waals surface area (Å²) in [5, 5.41) is 13.7. The Morgan fingerprint density at radius 1 is 1.15 bits per heavy atom. The Labute approximate surface area is 151 Å². The van der Waals surface area contributed by atoms with Gasteiger partial charge in [0.25, 0.3) is 5.69 Å². The number of ether oxygens (including phenoxy) is 2. The van der Waals surface area contributed by atoms with Gasteiger partial charge in [0.1, 0.15) is 13.2 Å². The summed E-state index contributed by atoms with van der Waals surface area (Å²) in [6, 6.07) is 11.5. The summed E-state index contributed by atoms with van der Waals surface area (Å²) in [5.74, 6) is 1.27. The summed E-state index contributed by atoms with van der Waals surface area (Å²) in [5.41, 5.74) is 1.69. The summed E-state index contributed by atoms with van der Waals surface area (Å²) in [6.45, 7) is 3.04. The fraction of sp³-hybridized carbons (Fsp3) is 0.316. The predicted octanol–water partition coefficient (Wildman–Crippen LogP) is 3.18. The van der Waals surface area contributed by atoms with E-state index in [2.05, 4.69) is 5.32 Å². The minimum atomic E-state index is -0.459. The lowest BCUT2D eigenvalue weighted by Gasteiger charge is -2.22. The normalized spacial score (nSPS) is 13.7. The molecule has 3 rings (SSSR count). The van der Waals surface area contributed by atoms with Crippen LogP contribution < -0.4 is 14.8 Å². The van der Waals surface area contributed by atoms with Gasteiger partial charge in [-0.3, -0.25) is 14.9 Å². The molecule has 1 atom stereocenters. The van der Waals surface area contributed by atoms with Gasteiger partial charge in [0.05, 0.1) is 17.4 Å². The first kappa shape index (κ1) is 17.7. The summed E-state index contributed by atoms with van der Waals surface area (Å²) < 4.78 is 11.1. The lowest BCUT2D eigenvalue weighted by Crippen LogP contribution is -2.29. The molecule has 0 radical (unpaired) electrons. The maximum atomic E-state index is 12.4. The third kappa shape index (κ3) is 4.11. The maximum Gasteiger partial charge on any atom is 0.269 e. The number of benzene rings is 2. The first-order chi connectivity index (χ1) is 12.6. The molecule has 0 aromatic heterocycles. The Morgan fingerprint density at radius 3 is 2.50 bits per heavy atom. The van der Waals surface area contributed by atoms with Crippen molar-refractivity contribution in [3.05, 3.63) is 63.7 Å². The van der Waals surface area contributed by atoms with Gasteiger partial charge in [-0.05, 0) is 29.7 Å². The van der Waals surface area contributed by atoms with Crippen molar-refractivity contribution >= 4 is 11.6 Å². The van der Waals surface area contributed by atoms with Crippen LogP contribution in [0.4, 0.5) is 5.69 Å². The molecule has 0 saturated carbocycles. The van der Waals surface area contributed by atoms with Gasteiger partial charge in [-0.25, -0.2) is 0 Å². The number of nitro benzene ring substituents is 1. The average molecular weight is 356 g/mol. The quantitative estimate of drug-likeness (QED) is 0.634. The van der Waals surface area contributed by atoms with E-state index in [-0.39, 0.29) is 24.1 Å². The number of hydrogen-bond acceptors (Lipinski definition) is 5. The van der Waals surface area contributed by atoms with Crippen LogP contribution in [0, 0.1) is 10.1 Å². The van der Waals surface area contributed by atoms with Crippen molar-refractivity contribution in [3.63, 3.8) is 0 Å². The van der Waals surface area contributed by atoms with Crippen LogP contribution in [0.2, 0.25) is 0 Å². The van der Waals surface area contributed by atoms with Gasteiger partial charge in [-0.2, -0.15) is 0 Å². The molecule has 7 heteroatoms. The molecule has 136 valence electrons. The first-order valence-corrected chi connectivity index (χ1v) is 8.49. The zero-order valence-corrected chi connectivity index (χ0v) is 14.4. The zero-order chi connectivity index (χ0) is 18.5. The monoisotopic (exact) mass is 356 g/mol. The highest BCUT2D eigenvalue weighted by Crippen LogP contribution is 2.33. The number of nitro groups is 1. The molecule has 0 saturated heterocycles. The van der Waals surface area contributed by atoms with Crippen LogP contribution in [0.25, 0.3) is 0 Å². The van der Waals surface area contributed by atoms with Crippen LogP contribution in [0.5, 0.6) is 11.5 Å². The van der Waals surface area contributed by atoms with E-state index in [1.165, 1.54) is 12.1 Å². The molecule has 0 fully saturated rings. The summed E-state index contributed by atoms with van der Waals surface area (Å²) in [6.07, 6.45) is 0.894. The number of carbonyl (C=O) groups excluding carboxylic acids is 1. The Balaban J connectivity index is 1.65. The van der Waals surface area contributed by atoms with Crippen molar-refractivity contribution in [2.24, 2.45) is 0 Å². The largest absolute Gasteiger partial charge is 0.486 e. The number of rotatable bonds is 6. The fourth-order valence-corrected chi connectivity index (χ4v) is 2.86. The predicted molar refractivity (Wildman–Crippen MR) is 95.4 cm³/mol. The van der Waals surface area contributed by atoms with E-state index in [0.717, 1.165) is 17.5 Å². The number of nitrogens with zero attached hydrogens (tertiary/aromatic N) is 1. The average Bonchev–Trinajstić information content (AvgIpc) is 2.66. The highest BCUT2D eigenvalue weighted by molar-refractivity contribution is 5.79. The van der Waals surface area contributed by atoms with E-state index in [0.29, 0.717) is 24.7 Å². The lowest BCUT2D eigenvalue weighted by molar-refractivity contribution is -0.384. The Kier molecular flexibility index (Phi) is 5.36. The molecular weight excluding hydrogens is 336 g/mol. The topological polar surface area (TPSA) is 90.7 Å². The van der Waals surface area contributed by atoms with Crippen LogP contribution in [0.3, 0.4) is 0 Å². The SMILES string of the molecule is CCC(NC(=O)Cc1ccc([N+](=O)[O-])cc1)c1ccc2c(c1)OCCO2. The second-order valence-corrected chi connectivity index (χ2v) is 6.03. The standard InChI is InChI=1S/C19H20N2O5/c1-2-16(14-5-8-17-18(12-14)26-10-9-25-17)20-19(22)11-13-3-6-15(7-4-13)21(23)24/h3-8,12,16H,2,9-11H2,1H3,(H,20,22). The fourth-order valence-electron chi connectivity index (χ4n) is 2.86. The second-order valence-electron chi connectivity index (χ2n) is 6.03. The minimum absolute atomic E-state index is 0.0110. The van der Waals surface area contributed by atoms with Crippen molar-refractivity contribution in [3.8, 4) is 11.5 Å². The Bertz CT molecular complexity index is 804. The summed E-state index contributed by atoms with van der Waals surface area (Å²) in [7, 11) is 0. The molecule has 1 N–H and O–H groups in total. The number of nitrogens with one attached hydrogen (secondary N) is 1. The van der Waals surface area contributed by atoms with Crippen molar-refractivity contribution in [1.82, 2.24) is 5.32 Å².